The number of esters is 1. The molecule has 2 unspecified atom stereocenters. The number of nitrogens with zero attached hydrogens (tertiary/aromatic N) is 1. The van der Waals surface area contributed by atoms with Crippen molar-refractivity contribution in [3.8, 4) is 0 Å². The largest absolute Gasteiger partial charge is 0.468 e. The van der Waals surface area contributed by atoms with Crippen molar-refractivity contribution in [2.75, 3.05) is 18.8 Å². The Morgan fingerprint density at radius 1 is 1.55 bits per heavy atom. The van der Waals surface area contributed by atoms with Crippen LogP contribution in [0.25, 0.3) is 0 Å². The minimum atomic E-state index is -0.618. The highest BCUT2D eigenvalue weighted by Crippen LogP contribution is 2.33. The normalized spacial score (nSPS) is 23.3. The smallest absolute Gasteiger partial charge is 0.326 e. The Morgan fingerprint density at radius 2 is 2.27 bits per heavy atom. The van der Waals surface area contributed by atoms with E-state index < -0.39 is 17.6 Å². The lowest BCUT2D eigenvalue weighted by Gasteiger charge is -2.26. The molecule has 7 heteroatoms. The lowest BCUT2D eigenvalue weighted by atomic mass is 10.2. The first-order valence-electron chi connectivity index (χ1n) is 7.17. The van der Waals surface area contributed by atoms with Crippen molar-refractivity contribution in [2.45, 2.75) is 37.7 Å². The first kappa shape index (κ1) is 16.9. The van der Waals surface area contributed by atoms with Crippen LogP contribution in [0.3, 0.4) is 0 Å². The summed E-state index contributed by atoms with van der Waals surface area (Å²) in [6.45, 7) is 5.67. The molecule has 1 fully saturated rings. The Morgan fingerprint density at radius 3 is 2.86 bits per heavy atom. The van der Waals surface area contributed by atoms with Crippen LogP contribution in [0, 0.1) is 0 Å². The van der Waals surface area contributed by atoms with Crippen LogP contribution in [-0.4, -0.2) is 47.3 Å². The molecule has 2 atom stereocenters. The van der Waals surface area contributed by atoms with Gasteiger partial charge in [-0.25, -0.2) is 0 Å². The second kappa shape index (κ2) is 6.75. The first-order chi connectivity index (χ1) is 10.3. The Hall–Kier alpha value is -1.47. The zero-order chi connectivity index (χ0) is 16.3. The van der Waals surface area contributed by atoms with Gasteiger partial charge in [0.15, 0.2) is 0 Å². The van der Waals surface area contributed by atoms with Gasteiger partial charge in [-0.1, -0.05) is 0 Å². The van der Waals surface area contributed by atoms with Gasteiger partial charge in [0.05, 0.1) is 17.6 Å². The summed E-state index contributed by atoms with van der Waals surface area (Å²) in [6, 6.07) is 3.05. The quantitative estimate of drug-likeness (QED) is 0.849. The van der Waals surface area contributed by atoms with Crippen LogP contribution in [0.1, 0.15) is 31.8 Å². The molecule has 1 aromatic heterocycles. The molecule has 0 bridgehead atoms. The van der Waals surface area contributed by atoms with Gasteiger partial charge in [-0.3, -0.25) is 9.59 Å². The fourth-order valence-corrected chi connectivity index (χ4v) is 3.35. The number of carbonyl (C=O) groups excluding carboxylic acids is 2. The van der Waals surface area contributed by atoms with Crippen LogP contribution >= 0.6 is 11.8 Å². The van der Waals surface area contributed by atoms with E-state index in [9.17, 15) is 9.59 Å². The van der Waals surface area contributed by atoms with E-state index in [-0.39, 0.29) is 17.7 Å². The second-order valence-corrected chi connectivity index (χ2v) is 7.48. The molecule has 1 saturated heterocycles. The minimum absolute atomic E-state index is 0.0325. The van der Waals surface area contributed by atoms with Gasteiger partial charge < -0.3 is 19.8 Å². The second-order valence-electron chi connectivity index (χ2n) is 6.25. The molecule has 0 saturated carbocycles. The predicted octanol–water partition coefficient (Wildman–Crippen LogP) is 1.57. The van der Waals surface area contributed by atoms with E-state index in [0.29, 0.717) is 12.3 Å². The molecule has 0 spiro atoms. The predicted molar refractivity (Wildman–Crippen MR) is 84.3 cm³/mol. The lowest BCUT2D eigenvalue weighted by molar-refractivity contribution is -0.159. The van der Waals surface area contributed by atoms with Crippen LogP contribution in [0.15, 0.2) is 22.8 Å². The number of thioether (sulfide) groups is 1. The highest BCUT2D eigenvalue weighted by molar-refractivity contribution is 7.99. The number of carbonyl (C=O) groups is 2. The Kier molecular flexibility index (Phi) is 5.18. The van der Waals surface area contributed by atoms with E-state index in [1.165, 1.54) is 4.90 Å². The molecule has 1 aliphatic rings. The van der Waals surface area contributed by atoms with Gasteiger partial charge in [0.1, 0.15) is 17.9 Å². The Balaban J connectivity index is 2.08. The molecule has 0 aromatic carbocycles. The Bertz CT molecular complexity index is 524. The molecular weight excluding hydrogens is 304 g/mol. The van der Waals surface area contributed by atoms with E-state index in [4.69, 9.17) is 14.9 Å². The number of amides is 1. The highest BCUT2D eigenvalue weighted by Gasteiger charge is 2.33. The van der Waals surface area contributed by atoms with Gasteiger partial charge in [0.25, 0.3) is 0 Å². The molecule has 1 aliphatic heterocycles. The fourth-order valence-electron chi connectivity index (χ4n) is 2.19. The highest BCUT2D eigenvalue weighted by atomic mass is 32.2. The van der Waals surface area contributed by atoms with E-state index in [2.05, 4.69) is 0 Å². The average Bonchev–Trinajstić information content (AvgIpc) is 2.88. The molecule has 2 heterocycles. The fraction of sp³-hybridized carbons (Fsp3) is 0.600. The molecule has 6 nitrogen and oxygen atoms in total. The molecular formula is C15H22N2O4S. The van der Waals surface area contributed by atoms with Crippen LogP contribution in [0.4, 0.5) is 0 Å². The third kappa shape index (κ3) is 4.51. The summed E-state index contributed by atoms with van der Waals surface area (Å²) in [5, 5.41) is -0.0325. The summed E-state index contributed by atoms with van der Waals surface area (Å²) in [4.78, 5) is 25.8. The SMILES string of the molecule is CC(C)(C)OC(=O)CN1CC(c2ccco2)SCC(N)C1=O. The zero-order valence-electron chi connectivity index (χ0n) is 13.1. The van der Waals surface area contributed by atoms with Crippen molar-refractivity contribution in [3.05, 3.63) is 24.2 Å². The molecule has 0 aliphatic carbocycles. The van der Waals surface area contributed by atoms with Gasteiger partial charge in [0, 0.05) is 12.3 Å². The molecule has 1 aromatic rings. The molecule has 2 N–H and O–H groups in total. The van der Waals surface area contributed by atoms with Crippen LogP contribution < -0.4 is 5.73 Å². The Labute approximate surface area is 134 Å². The maximum absolute atomic E-state index is 12.3. The third-order valence-corrected chi connectivity index (χ3v) is 4.43. The number of hydrogen-bond donors (Lipinski definition) is 1. The van der Waals surface area contributed by atoms with Crippen LogP contribution in [-0.2, 0) is 14.3 Å². The summed E-state index contributed by atoms with van der Waals surface area (Å²) in [5.74, 6) is 0.612. The number of ether oxygens (including phenoxy) is 1. The number of rotatable bonds is 3. The lowest BCUT2D eigenvalue weighted by Crippen LogP contribution is -2.47. The molecule has 0 radical (unpaired) electrons. The van der Waals surface area contributed by atoms with E-state index >= 15 is 0 Å². The molecule has 22 heavy (non-hydrogen) atoms. The zero-order valence-corrected chi connectivity index (χ0v) is 13.9. The summed E-state index contributed by atoms with van der Waals surface area (Å²) >= 11 is 1.56. The molecule has 2 rings (SSSR count). The maximum Gasteiger partial charge on any atom is 0.326 e. The van der Waals surface area contributed by atoms with Crippen molar-refractivity contribution in [3.63, 3.8) is 0 Å². The first-order valence-corrected chi connectivity index (χ1v) is 8.22. The van der Waals surface area contributed by atoms with Crippen molar-refractivity contribution < 1.29 is 18.7 Å². The van der Waals surface area contributed by atoms with Crippen molar-refractivity contribution in [1.82, 2.24) is 4.90 Å². The summed E-state index contributed by atoms with van der Waals surface area (Å²) in [7, 11) is 0. The topological polar surface area (TPSA) is 85.8 Å². The van der Waals surface area contributed by atoms with Crippen molar-refractivity contribution in [1.29, 1.82) is 0 Å². The average molecular weight is 326 g/mol. The van der Waals surface area contributed by atoms with E-state index in [1.54, 1.807) is 44.9 Å². The minimum Gasteiger partial charge on any atom is -0.468 e. The maximum atomic E-state index is 12.3. The van der Waals surface area contributed by atoms with Gasteiger partial charge >= 0.3 is 5.97 Å². The number of hydrogen-bond acceptors (Lipinski definition) is 6. The summed E-state index contributed by atoms with van der Waals surface area (Å²) in [5.41, 5.74) is 5.31. The van der Waals surface area contributed by atoms with E-state index in [1.807, 2.05) is 6.07 Å². The van der Waals surface area contributed by atoms with Crippen molar-refractivity contribution in [2.24, 2.45) is 5.73 Å². The molecule has 122 valence electrons. The van der Waals surface area contributed by atoms with Gasteiger partial charge in [-0.2, -0.15) is 0 Å². The van der Waals surface area contributed by atoms with Crippen LogP contribution in [0.2, 0.25) is 0 Å². The van der Waals surface area contributed by atoms with Gasteiger partial charge in [-0.15, -0.1) is 11.8 Å². The van der Waals surface area contributed by atoms with E-state index in [0.717, 1.165) is 5.76 Å². The van der Waals surface area contributed by atoms with Gasteiger partial charge in [-0.05, 0) is 32.9 Å². The summed E-state index contributed by atoms with van der Waals surface area (Å²) in [6.07, 6.45) is 1.60. The van der Waals surface area contributed by atoms with Gasteiger partial charge in [0.2, 0.25) is 5.91 Å². The third-order valence-electron chi connectivity index (χ3n) is 3.09. The standard InChI is InChI=1S/C15H22N2O4S/c1-15(2,3)21-13(18)8-17-7-12(11-5-4-6-20-11)22-9-10(16)14(17)19/h4-6,10,12H,7-9,16H2,1-3H3. The number of furan rings is 1. The van der Waals surface area contributed by atoms with Crippen LogP contribution in [0.5, 0.6) is 0 Å². The van der Waals surface area contributed by atoms with Crippen molar-refractivity contribution >= 4 is 23.6 Å². The monoisotopic (exact) mass is 326 g/mol. The molecule has 1 amide bonds. The number of nitrogens with two attached hydrogens (primary N) is 1. The summed E-state index contributed by atoms with van der Waals surface area (Å²) < 4.78 is 10.7.